The molecule has 0 bridgehead atoms. The third-order valence-corrected chi connectivity index (χ3v) is 5.34. The Bertz CT molecular complexity index is 771. The summed E-state index contributed by atoms with van der Waals surface area (Å²) in [6.07, 6.45) is 0.290. The van der Waals surface area contributed by atoms with Crippen molar-refractivity contribution in [3.8, 4) is 0 Å². The van der Waals surface area contributed by atoms with Crippen LogP contribution in [0.15, 0.2) is 60.7 Å². The minimum atomic E-state index is -0.541. The highest BCUT2D eigenvalue weighted by Crippen LogP contribution is 2.29. The number of hydroxylamine groups is 2. The van der Waals surface area contributed by atoms with Gasteiger partial charge in [-0.25, -0.2) is 4.79 Å². The highest BCUT2D eigenvalue weighted by atomic mass is 16.7. The van der Waals surface area contributed by atoms with E-state index in [2.05, 4.69) is 12.1 Å². The topological polar surface area (TPSA) is 62.2 Å². The maximum absolute atomic E-state index is 12.6. The molecule has 2 aliphatic rings. The smallest absolute Gasteiger partial charge is 0.410 e. The standard InChI is InChI=1S/C22H26N2O4/c25-19-13-20(21-11-12-23(28-21)14-17-7-3-1-4-8-17)24(15-19)22(26)27-16-18-9-5-2-6-10-18/h1-10,19-21,25H,11-16H2/t19-,20+,21-/m1/s1. The van der Waals surface area contributed by atoms with Crippen molar-refractivity contribution >= 4 is 6.09 Å². The van der Waals surface area contributed by atoms with Crippen molar-refractivity contribution in [2.45, 2.75) is 44.2 Å². The molecule has 0 aliphatic carbocycles. The Morgan fingerprint density at radius 1 is 1.07 bits per heavy atom. The zero-order chi connectivity index (χ0) is 19.3. The lowest BCUT2D eigenvalue weighted by Gasteiger charge is -2.28. The molecule has 1 N–H and O–H groups in total. The predicted molar refractivity (Wildman–Crippen MR) is 104 cm³/mol. The van der Waals surface area contributed by atoms with Gasteiger partial charge >= 0.3 is 6.09 Å². The lowest BCUT2D eigenvalue weighted by molar-refractivity contribution is -0.165. The van der Waals surface area contributed by atoms with E-state index >= 15 is 0 Å². The third-order valence-electron chi connectivity index (χ3n) is 5.34. The van der Waals surface area contributed by atoms with Crippen molar-refractivity contribution in [2.75, 3.05) is 13.1 Å². The second-order valence-corrected chi connectivity index (χ2v) is 7.43. The van der Waals surface area contributed by atoms with Gasteiger partial charge in [-0.15, -0.1) is 0 Å². The third kappa shape index (κ3) is 4.52. The Labute approximate surface area is 165 Å². The van der Waals surface area contributed by atoms with E-state index in [1.165, 1.54) is 5.56 Å². The molecule has 2 aromatic carbocycles. The quantitative estimate of drug-likeness (QED) is 0.861. The molecular weight excluding hydrogens is 356 g/mol. The van der Waals surface area contributed by atoms with Crippen molar-refractivity contribution in [1.82, 2.24) is 9.96 Å². The Morgan fingerprint density at radius 2 is 1.75 bits per heavy atom. The average Bonchev–Trinajstić information content (AvgIpc) is 3.34. The molecule has 0 aromatic heterocycles. The van der Waals surface area contributed by atoms with E-state index in [1.807, 2.05) is 53.6 Å². The lowest BCUT2D eigenvalue weighted by Crippen LogP contribution is -2.43. The van der Waals surface area contributed by atoms with Crippen LogP contribution >= 0.6 is 0 Å². The zero-order valence-corrected chi connectivity index (χ0v) is 15.8. The van der Waals surface area contributed by atoms with E-state index < -0.39 is 12.2 Å². The van der Waals surface area contributed by atoms with Crippen LogP contribution in [0.3, 0.4) is 0 Å². The van der Waals surface area contributed by atoms with Crippen molar-refractivity contribution in [1.29, 1.82) is 0 Å². The Hall–Kier alpha value is -2.41. The molecule has 3 atom stereocenters. The monoisotopic (exact) mass is 382 g/mol. The van der Waals surface area contributed by atoms with Gasteiger partial charge in [0.15, 0.2) is 0 Å². The molecule has 2 aromatic rings. The van der Waals surface area contributed by atoms with Gasteiger partial charge in [-0.2, -0.15) is 5.06 Å². The number of amides is 1. The molecule has 0 saturated carbocycles. The summed E-state index contributed by atoms with van der Waals surface area (Å²) < 4.78 is 5.48. The maximum Gasteiger partial charge on any atom is 0.410 e. The second kappa shape index (κ2) is 8.73. The maximum atomic E-state index is 12.6. The highest BCUT2D eigenvalue weighted by Gasteiger charge is 2.43. The number of carbonyl (C=O) groups excluding carboxylic acids is 1. The Balaban J connectivity index is 1.34. The van der Waals surface area contributed by atoms with E-state index in [1.54, 1.807) is 4.90 Å². The summed E-state index contributed by atoms with van der Waals surface area (Å²) >= 11 is 0. The van der Waals surface area contributed by atoms with Crippen LogP contribution in [0, 0.1) is 0 Å². The molecule has 0 unspecified atom stereocenters. The summed E-state index contributed by atoms with van der Waals surface area (Å²) in [5.41, 5.74) is 2.13. The van der Waals surface area contributed by atoms with Gasteiger partial charge in [0.05, 0.1) is 18.7 Å². The van der Waals surface area contributed by atoms with Crippen LogP contribution in [0.25, 0.3) is 0 Å². The number of likely N-dealkylation sites (tertiary alicyclic amines) is 1. The molecule has 2 fully saturated rings. The molecule has 148 valence electrons. The summed E-state index contributed by atoms with van der Waals surface area (Å²) in [6, 6.07) is 19.6. The van der Waals surface area contributed by atoms with Gasteiger partial charge in [0.1, 0.15) is 12.7 Å². The fourth-order valence-electron chi connectivity index (χ4n) is 3.94. The molecule has 0 spiro atoms. The van der Waals surface area contributed by atoms with Crippen molar-refractivity contribution in [3.63, 3.8) is 0 Å². The largest absolute Gasteiger partial charge is 0.445 e. The molecule has 2 saturated heterocycles. The number of rotatable bonds is 5. The number of aliphatic hydroxyl groups excluding tert-OH is 1. The van der Waals surface area contributed by atoms with E-state index in [4.69, 9.17) is 9.57 Å². The fourth-order valence-corrected chi connectivity index (χ4v) is 3.94. The SMILES string of the molecule is O=C(OCc1ccccc1)N1C[C@H](O)C[C@H]1[C@H]1CCN(Cc2ccccc2)O1. The zero-order valence-electron chi connectivity index (χ0n) is 15.8. The number of hydrogen-bond acceptors (Lipinski definition) is 5. The molecule has 2 aliphatic heterocycles. The van der Waals surface area contributed by atoms with Crippen molar-refractivity contribution in [2.24, 2.45) is 0 Å². The lowest BCUT2D eigenvalue weighted by atomic mass is 10.1. The summed E-state index contributed by atoms with van der Waals surface area (Å²) in [5.74, 6) is 0. The number of nitrogens with zero attached hydrogens (tertiary/aromatic N) is 2. The molecular formula is C22H26N2O4. The molecule has 6 heteroatoms. The van der Waals surface area contributed by atoms with E-state index in [9.17, 15) is 9.90 Å². The molecule has 6 nitrogen and oxygen atoms in total. The fraction of sp³-hybridized carbons (Fsp3) is 0.409. The predicted octanol–water partition coefficient (Wildman–Crippen LogP) is 2.96. The van der Waals surface area contributed by atoms with Gasteiger partial charge in [0.2, 0.25) is 0 Å². The van der Waals surface area contributed by atoms with Crippen LogP contribution in [0.1, 0.15) is 24.0 Å². The van der Waals surface area contributed by atoms with E-state index in [-0.39, 0.29) is 25.3 Å². The van der Waals surface area contributed by atoms with Crippen LogP contribution in [0.4, 0.5) is 4.79 Å². The molecule has 28 heavy (non-hydrogen) atoms. The summed E-state index contributed by atoms with van der Waals surface area (Å²) in [4.78, 5) is 20.4. The number of β-amino-alcohol motifs (C(OH)–C–C–N with tert-alkyl or cyclic N) is 1. The Kier molecular flexibility index (Phi) is 5.90. The number of carbonyl (C=O) groups is 1. The Morgan fingerprint density at radius 3 is 2.46 bits per heavy atom. The molecule has 0 radical (unpaired) electrons. The molecule has 1 amide bonds. The van der Waals surface area contributed by atoms with Crippen LogP contribution in [-0.4, -0.2) is 52.5 Å². The number of ether oxygens (including phenoxy) is 1. The van der Waals surface area contributed by atoms with Gasteiger partial charge in [-0.05, 0) is 24.0 Å². The van der Waals surface area contributed by atoms with Gasteiger partial charge in [0, 0.05) is 13.1 Å². The second-order valence-electron chi connectivity index (χ2n) is 7.43. The van der Waals surface area contributed by atoms with Crippen LogP contribution in [0.5, 0.6) is 0 Å². The van der Waals surface area contributed by atoms with Crippen LogP contribution in [0.2, 0.25) is 0 Å². The van der Waals surface area contributed by atoms with Crippen LogP contribution < -0.4 is 0 Å². The first kappa shape index (κ1) is 18.9. The summed E-state index contributed by atoms with van der Waals surface area (Å²) in [5, 5.41) is 12.1. The summed E-state index contributed by atoms with van der Waals surface area (Å²) in [6.45, 7) is 2.03. The van der Waals surface area contributed by atoms with E-state index in [0.717, 1.165) is 18.5 Å². The minimum absolute atomic E-state index is 0.120. The number of hydrogen-bond donors (Lipinski definition) is 1. The number of benzene rings is 2. The first-order valence-corrected chi connectivity index (χ1v) is 9.80. The molecule has 2 heterocycles. The highest BCUT2D eigenvalue weighted by molar-refractivity contribution is 5.68. The van der Waals surface area contributed by atoms with Gasteiger partial charge in [-0.1, -0.05) is 60.7 Å². The first-order valence-electron chi connectivity index (χ1n) is 9.80. The minimum Gasteiger partial charge on any atom is -0.445 e. The van der Waals surface area contributed by atoms with E-state index in [0.29, 0.717) is 13.0 Å². The first-order chi connectivity index (χ1) is 13.7. The van der Waals surface area contributed by atoms with Gasteiger partial charge in [-0.3, -0.25) is 9.74 Å². The molecule has 4 rings (SSSR count). The number of aliphatic hydroxyl groups is 1. The van der Waals surface area contributed by atoms with Crippen molar-refractivity contribution < 1.29 is 19.5 Å². The average molecular weight is 382 g/mol. The van der Waals surface area contributed by atoms with Crippen molar-refractivity contribution in [3.05, 3.63) is 71.8 Å². The summed E-state index contributed by atoms with van der Waals surface area (Å²) in [7, 11) is 0. The van der Waals surface area contributed by atoms with Gasteiger partial charge < -0.3 is 9.84 Å². The van der Waals surface area contributed by atoms with Crippen LogP contribution in [-0.2, 0) is 22.7 Å². The van der Waals surface area contributed by atoms with Gasteiger partial charge in [0.25, 0.3) is 0 Å². The normalized spacial score (nSPS) is 25.2.